The molecule has 2 nitrogen and oxygen atoms in total. The first-order chi connectivity index (χ1) is 6.86. The zero-order valence-electron chi connectivity index (χ0n) is 7.51. The topological polar surface area (TPSA) is 30.0 Å². The van der Waals surface area contributed by atoms with Gasteiger partial charge in [-0.1, -0.05) is 12.1 Å². The average molecular weight is 203 g/mol. The minimum absolute atomic E-state index is 0.0769. The molecule has 2 heterocycles. The molecular weight excluding hydrogens is 194 g/mol. The molecule has 0 N–H and O–H groups in total. The van der Waals surface area contributed by atoms with Crippen molar-refractivity contribution in [3.63, 3.8) is 0 Å². The lowest BCUT2D eigenvalue weighted by atomic mass is 10.2. The number of carbonyl (C=O) groups is 1. The van der Waals surface area contributed by atoms with Crippen molar-refractivity contribution < 1.29 is 4.79 Å². The highest BCUT2D eigenvalue weighted by Gasteiger charge is 2.07. The van der Waals surface area contributed by atoms with E-state index >= 15 is 0 Å². The van der Waals surface area contributed by atoms with Gasteiger partial charge in [0.15, 0.2) is 5.78 Å². The minimum atomic E-state index is 0.0769. The second-order valence-corrected chi connectivity index (χ2v) is 3.93. The van der Waals surface area contributed by atoms with E-state index < -0.39 is 0 Å². The number of aromatic nitrogens is 1. The average Bonchev–Trinajstić information content (AvgIpc) is 2.72. The van der Waals surface area contributed by atoms with Crippen molar-refractivity contribution in [3.8, 4) is 0 Å². The molecule has 0 unspecified atom stereocenters. The Morgan fingerprint density at radius 2 is 2.21 bits per heavy atom. The molecule has 2 aromatic heterocycles. The molecule has 2 rings (SSSR count). The van der Waals surface area contributed by atoms with Crippen molar-refractivity contribution in [1.82, 2.24) is 4.98 Å². The van der Waals surface area contributed by atoms with Crippen LogP contribution < -0.4 is 0 Å². The van der Waals surface area contributed by atoms with Gasteiger partial charge in [-0.25, -0.2) is 0 Å². The molecule has 0 saturated carbocycles. The third-order valence-electron chi connectivity index (χ3n) is 1.87. The van der Waals surface area contributed by atoms with Gasteiger partial charge in [0.05, 0.1) is 0 Å². The molecule has 0 amide bonds. The maximum Gasteiger partial charge on any atom is 0.186 e. The fourth-order valence-corrected chi connectivity index (χ4v) is 1.89. The molecule has 0 aromatic carbocycles. The van der Waals surface area contributed by atoms with Gasteiger partial charge in [0.25, 0.3) is 0 Å². The second kappa shape index (κ2) is 4.15. The fraction of sp³-hybridized carbons (Fsp3) is 0.0909. The summed E-state index contributed by atoms with van der Waals surface area (Å²) >= 11 is 1.60. The first-order valence-electron chi connectivity index (χ1n) is 4.33. The van der Waals surface area contributed by atoms with Crippen LogP contribution in [-0.2, 0) is 6.42 Å². The van der Waals surface area contributed by atoms with Gasteiger partial charge in [-0.2, -0.15) is 0 Å². The maximum absolute atomic E-state index is 11.7. The number of nitrogens with zero attached hydrogens (tertiary/aromatic N) is 1. The van der Waals surface area contributed by atoms with Gasteiger partial charge < -0.3 is 0 Å². The van der Waals surface area contributed by atoms with Crippen LogP contribution in [0.4, 0.5) is 0 Å². The quantitative estimate of drug-likeness (QED) is 0.717. The van der Waals surface area contributed by atoms with E-state index in [9.17, 15) is 4.79 Å². The number of Topliss-reactive ketones (excluding diaryl/α,β-unsaturated/α-hetero) is 1. The fourth-order valence-electron chi connectivity index (χ4n) is 1.19. The Labute approximate surface area is 86.2 Å². The molecule has 0 bridgehead atoms. The van der Waals surface area contributed by atoms with Crippen LogP contribution in [0.5, 0.6) is 0 Å². The van der Waals surface area contributed by atoms with Crippen LogP contribution in [0.2, 0.25) is 0 Å². The molecule has 0 saturated heterocycles. The van der Waals surface area contributed by atoms with Crippen molar-refractivity contribution in [2.24, 2.45) is 0 Å². The summed E-state index contributed by atoms with van der Waals surface area (Å²) in [6, 6.07) is 9.30. The lowest BCUT2D eigenvalue weighted by Gasteiger charge is -1.96. The summed E-state index contributed by atoms with van der Waals surface area (Å²) in [4.78, 5) is 16.8. The number of hydrogen-bond donors (Lipinski definition) is 0. The molecule has 70 valence electrons. The first kappa shape index (κ1) is 9.09. The number of carbonyl (C=O) groups excluding carboxylic acids is 1. The molecule has 0 aliphatic rings. The molecule has 0 spiro atoms. The van der Waals surface area contributed by atoms with Crippen LogP contribution in [0, 0.1) is 0 Å². The van der Waals surface area contributed by atoms with E-state index in [0.717, 1.165) is 4.88 Å². The molecule has 3 heteroatoms. The molecule has 0 aliphatic carbocycles. The molecule has 0 aliphatic heterocycles. The third-order valence-corrected chi connectivity index (χ3v) is 2.74. The maximum atomic E-state index is 11.7. The van der Waals surface area contributed by atoms with Crippen LogP contribution in [0.3, 0.4) is 0 Å². The Morgan fingerprint density at radius 3 is 2.86 bits per heavy atom. The summed E-state index contributed by atoms with van der Waals surface area (Å²) in [5, 5.41) is 1.97. The number of pyridine rings is 1. The Hall–Kier alpha value is -1.48. The number of thiophene rings is 1. The van der Waals surface area contributed by atoms with Crippen LogP contribution >= 0.6 is 11.3 Å². The Kier molecular flexibility index (Phi) is 2.70. The van der Waals surface area contributed by atoms with Crippen molar-refractivity contribution in [2.75, 3.05) is 0 Å². The smallest absolute Gasteiger partial charge is 0.186 e. The van der Waals surface area contributed by atoms with E-state index in [0.29, 0.717) is 12.1 Å². The highest BCUT2D eigenvalue weighted by molar-refractivity contribution is 7.10. The molecule has 0 fully saturated rings. The molecular formula is C11H9NOS. The summed E-state index contributed by atoms with van der Waals surface area (Å²) in [6.45, 7) is 0. The largest absolute Gasteiger partial charge is 0.292 e. The van der Waals surface area contributed by atoms with Gasteiger partial charge in [-0.15, -0.1) is 11.3 Å². The number of hydrogen-bond acceptors (Lipinski definition) is 3. The molecule has 0 atom stereocenters. The van der Waals surface area contributed by atoms with Gasteiger partial charge in [-0.05, 0) is 23.6 Å². The van der Waals surface area contributed by atoms with Gasteiger partial charge in [0, 0.05) is 17.5 Å². The predicted molar refractivity (Wildman–Crippen MR) is 56.6 cm³/mol. The predicted octanol–water partition coefficient (Wildman–Crippen LogP) is 2.57. The Balaban J connectivity index is 2.11. The standard InChI is InChI=1S/C11H9NOS/c13-11(8-9-4-3-7-14-9)10-5-1-2-6-12-10/h1-7H,8H2. The summed E-state index contributed by atoms with van der Waals surface area (Å²) in [7, 11) is 0. The van der Waals surface area contributed by atoms with E-state index in [1.54, 1.807) is 23.6 Å². The van der Waals surface area contributed by atoms with Crippen molar-refractivity contribution in [1.29, 1.82) is 0 Å². The second-order valence-electron chi connectivity index (χ2n) is 2.89. The zero-order valence-corrected chi connectivity index (χ0v) is 8.33. The monoisotopic (exact) mass is 203 g/mol. The van der Waals surface area contributed by atoms with Crippen molar-refractivity contribution in [2.45, 2.75) is 6.42 Å². The lowest BCUT2D eigenvalue weighted by molar-refractivity contribution is 0.0989. The van der Waals surface area contributed by atoms with Gasteiger partial charge >= 0.3 is 0 Å². The van der Waals surface area contributed by atoms with Crippen LogP contribution in [0.1, 0.15) is 15.4 Å². The van der Waals surface area contributed by atoms with Crippen LogP contribution in [0.25, 0.3) is 0 Å². The molecule has 14 heavy (non-hydrogen) atoms. The van der Waals surface area contributed by atoms with Gasteiger partial charge in [-0.3, -0.25) is 9.78 Å². The first-order valence-corrected chi connectivity index (χ1v) is 5.21. The summed E-state index contributed by atoms with van der Waals surface area (Å²) in [5.41, 5.74) is 0.542. The van der Waals surface area contributed by atoms with Crippen LogP contribution in [0.15, 0.2) is 41.9 Å². The van der Waals surface area contributed by atoms with Gasteiger partial charge in [0.2, 0.25) is 0 Å². The van der Waals surface area contributed by atoms with E-state index in [-0.39, 0.29) is 5.78 Å². The number of ketones is 1. The highest BCUT2D eigenvalue weighted by atomic mass is 32.1. The van der Waals surface area contributed by atoms with E-state index in [2.05, 4.69) is 4.98 Å². The molecule has 0 radical (unpaired) electrons. The van der Waals surface area contributed by atoms with E-state index in [1.165, 1.54) is 0 Å². The Morgan fingerprint density at radius 1 is 1.29 bits per heavy atom. The zero-order chi connectivity index (χ0) is 9.80. The van der Waals surface area contributed by atoms with E-state index in [1.807, 2.05) is 29.6 Å². The van der Waals surface area contributed by atoms with Crippen LogP contribution in [-0.4, -0.2) is 10.8 Å². The Bertz CT molecular complexity index is 408. The van der Waals surface area contributed by atoms with E-state index in [4.69, 9.17) is 0 Å². The third kappa shape index (κ3) is 2.06. The highest BCUT2D eigenvalue weighted by Crippen LogP contribution is 2.11. The normalized spacial score (nSPS) is 10.0. The van der Waals surface area contributed by atoms with Crippen molar-refractivity contribution >= 4 is 17.1 Å². The summed E-state index contributed by atoms with van der Waals surface area (Å²) in [6.07, 6.45) is 2.09. The minimum Gasteiger partial charge on any atom is -0.292 e. The van der Waals surface area contributed by atoms with Gasteiger partial charge in [0.1, 0.15) is 5.69 Å². The number of rotatable bonds is 3. The summed E-state index contributed by atoms with van der Waals surface area (Å²) in [5.74, 6) is 0.0769. The van der Waals surface area contributed by atoms with Crippen molar-refractivity contribution in [3.05, 3.63) is 52.5 Å². The molecule has 2 aromatic rings. The summed E-state index contributed by atoms with van der Waals surface area (Å²) < 4.78 is 0. The SMILES string of the molecule is O=C(Cc1cccs1)c1ccccn1. The lowest BCUT2D eigenvalue weighted by Crippen LogP contribution is -2.03.